The Morgan fingerprint density at radius 3 is 2.83 bits per heavy atom. The zero-order valence-corrected chi connectivity index (χ0v) is 11.4. The number of fused-ring (bicyclic) bond motifs is 1. The number of aryl methyl sites for hydroxylation is 2. The third-order valence-electron chi connectivity index (χ3n) is 3.30. The molecule has 4 heteroatoms. The standard InChI is InChI=1S/C14H19ClN2O/c1-10-13(15)5-4-12-11(3-2-6-16)9-17(7-8-18)14(10)12/h4-5,9,18H,2-3,6-8,16H2,1H3. The average Bonchev–Trinajstić information content (AvgIpc) is 2.70. The molecule has 0 aliphatic rings. The maximum Gasteiger partial charge on any atom is 0.0610 e. The number of benzene rings is 1. The lowest BCUT2D eigenvalue weighted by Gasteiger charge is -2.06. The summed E-state index contributed by atoms with van der Waals surface area (Å²) < 4.78 is 2.09. The van der Waals surface area contributed by atoms with E-state index in [2.05, 4.69) is 16.8 Å². The third kappa shape index (κ3) is 2.39. The van der Waals surface area contributed by atoms with E-state index in [0.717, 1.165) is 28.9 Å². The van der Waals surface area contributed by atoms with Gasteiger partial charge in [-0.25, -0.2) is 0 Å². The molecule has 0 atom stereocenters. The molecule has 0 aliphatic carbocycles. The molecular weight excluding hydrogens is 248 g/mol. The van der Waals surface area contributed by atoms with Crippen molar-refractivity contribution in [2.75, 3.05) is 13.2 Å². The molecule has 3 N–H and O–H groups in total. The van der Waals surface area contributed by atoms with Crippen molar-refractivity contribution in [3.8, 4) is 0 Å². The van der Waals surface area contributed by atoms with Crippen LogP contribution in [0, 0.1) is 6.92 Å². The van der Waals surface area contributed by atoms with Crippen molar-refractivity contribution >= 4 is 22.5 Å². The second kappa shape index (κ2) is 5.74. The molecule has 0 saturated heterocycles. The van der Waals surface area contributed by atoms with Gasteiger partial charge in [0.25, 0.3) is 0 Å². The lowest BCUT2D eigenvalue weighted by molar-refractivity contribution is 0.278. The molecule has 1 heterocycles. The Hall–Kier alpha value is -1.03. The fraction of sp³-hybridized carbons (Fsp3) is 0.429. The molecule has 3 nitrogen and oxygen atoms in total. The van der Waals surface area contributed by atoms with Crippen LogP contribution in [0.15, 0.2) is 18.3 Å². The van der Waals surface area contributed by atoms with E-state index in [1.165, 1.54) is 10.9 Å². The Morgan fingerprint density at radius 1 is 1.39 bits per heavy atom. The van der Waals surface area contributed by atoms with Gasteiger partial charge < -0.3 is 15.4 Å². The largest absolute Gasteiger partial charge is 0.395 e. The molecule has 2 rings (SSSR count). The molecule has 0 aliphatic heterocycles. The van der Waals surface area contributed by atoms with Gasteiger partial charge in [-0.1, -0.05) is 17.7 Å². The van der Waals surface area contributed by atoms with Crippen LogP contribution in [0.3, 0.4) is 0 Å². The van der Waals surface area contributed by atoms with Gasteiger partial charge in [0.2, 0.25) is 0 Å². The zero-order valence-electron chi connectivity index (χ0n) is 10.6. The minimum Gasteiger partial charge on any atom is -0.395 e. The van der Waals surface area contributed by atoms with Gasteiger partial charge in [-0.2, -0.15) is 0 Å². The van der Waals surface area contributed by atoms with Crippen molar-refractivity contribution in [1.82, 2.24) is 4.57 Å². The van der Waals surface area contributed by atoms with Crippen LogP contribution in [0.2, 0.25) is 5.02 Å². The summed E-state index contributed by atoms with van der Waals surface area (Å²) in [4.78, 5) is 0. The Kier molecular flexibility index (Phi) is 4.27. The van der Waals surface area contributed by atoms with Crippen LogP contribution in [0.4, 0.5) is 0 Å². The van der Waals surface area contributed by atoms with Gasteiger partial charge in [0, 0.05) is 23.2 Å². The van der Waals surface area contributed by atoms with Crippen molar-refractivity contribution in [1.29, 1.82) is 0 Å². The summed E-state index contributed by atoms with van der Waals surface area (Å²) in [7, 11) is 0. The number of hydrogen-bond donors (Lipinski definition) is 2. The van der Waals surface area contributed by atoms with Crippen LogP contribution in [-0.2, 0) is 13.0 Å². The van der Waals surface area contributed by atoms with Gasteiger partial charge in [-0.3, -0.25) is 0 Å². The summed E-state index contributed by atoms with van der Waals surface area (Å²) in [6.07, 6.45) is 4.05. The maximum atomic E-state index is 9.15. The van der Waals surface area contributed by atoms with Gasteiger partial charge in [0.1, 0.15) is 0 Å². The van der Waals surface area contributed by atoms with E-state index < -0.39 is 0 Å². The maximum absolute atomic E-state index is 9.15. The van der Waals surface area contributed by atoms with E-state index in [-0.39, 0.29) is 6.61 Å². The monoisotopic (exact) mass is 266 g/mol. The summed E-state index contributed by atoms with van der Waals surface area (Å²) in [5.41, 5.74) is 9.05. The highest BCUT2D eigenvalue weighted by molar-refractivity contribution is 6.32. The highest BCUT2D eigenvalue weighted by Gasteiger charge is 2.12. The first-order valence-electron chi connectivity index (χ1n) is 6.26. The highest BCUT2D eigenvalue weighted by atomic mass is 35.5. The molecule has 2 aromatic rings. The quantitative estimate of drug-likeness (QED) is 0.874. The molecular formula is C14H19ClN2O. The number of aromatic nitrogens is 1. The Balaban J connectivity index is 2.56. The fourth-order valence-corrected chi connectivity index (χ4v) is 2.56. The second-order valence-corrected chi connectivity index (χ2v) is 4.94. The normalized spacial score (nSPS) is 11.3. The summed E-state index contributed by atoms with van der Waals surface area (Å²) in [6, 6.07) is 4.00. The molecule has 1 aromatic heterocycles. The first kappa shape index (κ1) is 13.4. The van der Waals surface area contributed by atoms with Gasteiger partial charge in [-0.15, -0.1) is 0 Å². The van der Waals surface area contributed by atoms with Crippen LogP contribution >= 0.6 is 11.6 Å². The molecule has 1 aromatic carbocycles. The van der Waals surface area contributed by atoms with Crippen LogP contribution in [0.1, 0.15) is 17.5 Å². The second-order valence-electron chi connectivity index (χ2n) is 4.53. The van der Waals surface area contributed by atoms with E-state index in [1.807, 2.05) is 13.0 Å². The van der Waals surface area contributed by atoms with E-state index in [0.29, 0.717) is 13.1 Å². The van der Waals surface area contributed by atoms with Gasteiger partial charge >= 0.3 is 0 Å². The first-order chi connectivity index (χ1) is 8.69. The minimum atomic E-state index is 0.131. The van der Waals surface area contributed by atoms with E-state index in [9.17, 15) is 0 Å². The van der Waals surface area contributed by atoms with Crippen LogP contribution in [0.5, 0.6) is 0 Å². The predicted octanol–water partition coefficient (Wildman–Crippen LogP) is 2.49. The SMILES string of the molecule is Cc1c(Cl)ccc2c(CCCN)cn(CCO)c12. The average molecular weight is 267 g/mol. The van der Waals surface area contributed by atoms with Crippen molar-refractivity contribution in [3.05, 3.63) is 34.5 Å². The highest BCUT2D eigenvalue weighted by Crippen LogP contribution is 2.30. The Bertz CT molecular complexity index is 548. The summed E-state index contributed by atoms with van der Waals surface area (Å²) in [6.45, 7) is 3.44. The minimum absolute atomic E-state index is 0.131. The zero-order chi connectivity index (χ0) is 13.1. The lowest BCUT2D eigenvalue weighted by Crippen LogP contribution is -2.01. The van der Waals surface area contributed by atoms with Crippen molar-refractivity contribution in [3.63, 3.8) is 0 Å². The van der Waals surface area contributed by atoms with Crippen LogP contribution in [-0.4, -0.2) is 22.8 Å². The number of aliphatic hydroxyl groups excluding tert-OH is 1. The molecule has 0 fully saturated rings. The number of nitrogens with two attached hydrogens (primary N) is 1. The number of hydrogen-bond acceptors (Lipinski definition) is 2. The van der Waals surface area contributed by atoms with Crippen LogP contribution < -0.4 is 5.73 Å². The van der Waals surface area contributed by atoms with Gasteiger partial charge in [0.05, 0.1) is 12.1 Å². The van der Waals surface area contributed by atoms with E-state index >= 15 is 0 Å². The van der Waals surface area contributed by atoms with Crippen molar-refractivity contribution in [2.24, 2.45) is 5.73 Å². The van der Waals surface area contributed by atoms with Crippen molar-refractivity contribution < 1.29 is 5.11 Å². The number of nitrogens with zero attached hydrogens (tertiary/aromatic N) is 1. The molecule has 0 radical (unpaired) electrons. The van der Waals surface area contributed by atoms with E-state index in [1.54, 1.807) is 0 Å². The lowest BCUT2D eigenvalue weighted by atomic mass is 10.1. The summed E-state index contributed by atoms with van der Waals surface area (Å²) in [5, 5.41) is 11.1. The van der Waals surface area contributed by atoms with Gasteiger partial charge in [-0.05, 0) is 43.5 Å². The molecule has 98 valence electrons. The number of aliphatic hydroxyl groups is 1. The number of rotatable bonds is 5. The first-order valence-corrected chi connectivity index (χ1v) is 6.64. The Morgan fingerprint density at radius 2 is 2.17 bits per heavy atom. The Labute approximate surface area is 112 Å². The molecule has 0 saturated carbocycles. The summed E-state index contributed by atoms with van der Waals surface area (Å²) >= 11 is 6.18. The molecule has 18 heavy (non-hydrogen) atoms. The van der Waals surface area contributed by atoms with Gasteiger partial charge in [0.15, 0.2) is 0 Å². The topological polar surface area (TPSA) is 51.2 Å². The predicted molar refractivity (Wildman–Crippen MR) is 76.1 cm³/mol. The molecule has 0 amide bonds. The van der Waals surface area contributed by atoms with Crippen molar-refractivity contribution in [2.45, 2.75) is 26.3 Å². The smallest absolute Gasteiger partial charge is 0.0610 e. The molecule has 0 spiro atoms. The summed E-state index contributed by atoms with van der Waals surface area (Å²) in [5.74, 6) is 0. The fourth-order valence-electron chi connectivity index (χ4n) is 2.40. The number of halogens is 1. The van der Waals surface area contributed by atoms with Crippen LogP contribution in [0.25, 0.3) is 10.9 Å². The molecule has 0 unspecified atom stereocenters. The molecule has 0 bridgehead atoms. The third-order valence-corrected chi connectivity index (χ3v) is 3.71. The van der Waals surface area contributed by atoms with E-state index in [4.69, 9.17) is 22.4 Å².